The molecule has 1 fully saturated rings. The average molecular weight is 702 g/mol. The van der Waals surface area contributed by atoms with Gasteiger partial charge in [0.25, 0.3) is 11.8 Å². The van der Waals surface area contributed by atoms with Crippen LogP contribution in [0.2, 0.25) is 18.6 Å². The van der Waals surface area contributed by atoms with Crippen LogP contribution in [0.5, 0.6) is 0 Å². The van der Waals surface area contributed by atoms with E-state index >= 15 is 4.11 Å². The van der Waals surface area contributed by atoms with E-state index in [1.807, 2.05) is 98.0 Å². The number of aryl methyl sites for hydroxylation is 1. The molecule has 3 aliphatic heterocycles. The van der Waals surface area contributed by atoms with E-state index in [0.29, 0.717) is 41.2 Å². The average Bonchev–Trinajstić information content (AvgIpc) is 3.85. The third-order valence-corrected chi connectivity index (χ3v) is 13.5. The molecular formula is C40H40FN5O4Si. The van der Waals surface area contributed by atoms with Crippen molar-refractivity contribution >= 4 is 48.1 Å². The van der Waals surface area contributed by atoms with Crippen LogP contribution in [0.1, 0.15) is 46.4 Å². The highest BCUT2D eigenvalue weighted by atomic mass is 28.4. The summed E-state index contributed by atoms with van der Waals surface area (Å²) in [5.74, 6) is -1.21. The molecule has 260 valence electrons. The van der Waals surface area contributed by atoms with Gasteiger partial charge in [-0.2, -0.15) is 0 Å². The molecule has 5 atom stereocenters. The molecule has 5 aromatic rings. The number of carbonyl (C=O) groups excluding carboxylic acids is 2. The van der Waals surface area contributed by atoms with E-state index in [1.54, 1.807) is 33.7 Å². The van der Waals surface area contributed by atoms with Crippen molar-refractivity contribution in [3.8, 4) is 0 Å². The van der Waals surface area contributed by atoms with Gasteiger partial charge in [-0.25, -0.2) is 0 Å². The van der Waals surface area contributed by atoms with E-state index in [1.165, 1.54) is 0 Å². The van der Waals surface area contributed by atoms with Gasteiger partial charge in [-0.05, 0) is 60.8 Å². The van der Waals surface area contributed by atoms with Gasteiger partial charge >= 0.3 is 0 Å². The molecule has 9 nitrogen and oxygen atoms in total. The molecular weight excluding hydrogens is 662 g/mol. The summed E-state index contributed by atoms with van der Waals surface area (Å²) in [7, 11) is -3.42. The van der Waals surface area contributed by atoms with E-state index in [2.05, 4.69) is 16.9 Å². The number of amides is 2. The number of hydrogen-bond donors (Lipinski definition) is 1. The number of hydrogen-bond acceptors (Lipinski definition) is 6. The molecule has 3 aliphatic rings. The van der Waals surface area contributed by atoms with Crippen LogP contribution in [0.3, 0.4) is 0 Å². The normalized spacial score (nSPS) is 23.1. The van der Waals surface area contributed by atoms with Crippen LogP contribution in [0.25, 0.3) is 10.8 Å². The van der Waals surface area contributed by atoms with Crippen LogP contribution in [0.4, 0.5) is 21.2 Å². The number of ether oxygens (including phenoxy) is 1. The highest BCUT2D eigenvalue weighted by Crippen LogP contribution is 2.61. The number of aliphatic hydroxyl groups is 1. The van der Waals surface area contributed by atoms with E-state index in [0.717, 1.165) is 22.0 Å². The first-order valence-electron chi connectivity index (χ1n) is 17.4. The summed E-state index contributed by atoms with van der Waals surface area (Å²) in [6, 6.07) is 26.9. The Morgan fingerprint density at radius 1 is 1.04 bits per heavy atom. The molecule has 0 radical (unpaired) electrons. The highest BCUT2D eigenvalue weighted by Gasteiger charge is 2.66. The minimum absolute atomic E-state index is 0.118. The van der Waals surface area contributed by atoms with Crippen molar-refractivity contribution in [3.63, 3.8) is 0 Å². The van der Waals surface area contributed by atoms with Gasteiger partial charge in [0.15, 0.2) is 5.60 Å². The molecule has 1 spiro atoms. The molecule has 1 N–H and O–H groups in total. The summed E-state index contributed by atoms with van der Waals surface area (Å²) < 4.78 is 25.2. The van der Waals surface area contributed by atoms with Gasteiger partial charge in [-0.15, -0.1) is 11.7 Å². The first-order chi connectivity index (χ1) is 24.6. The van der Waals surface area contributed by atoms with Gasteiger partial charge in [0.1, 0.15) is 0 Å². The smallest absolute Gasteiger partial charge is 0.264 e. The SMILES string of the molecule is C=CCN1C(=O)[C@]2(O[C@H](CCn3cc(C(CO)c4ccccc4)nn3)[C@@H]([Si](C)(C)F)[C@@H]2C)c2cc(N3C(=O)c4cccc5cccc3c45)ccc21. The van der Waals surface area contributed by atoms with Crippen LogP contribution >= 0.6 is 0 Å². The van der Waals surface area contributed by atoms with Crippen molar-refractivity contribution in [1.29, 1.82) is 0 Å². The predicted octanol–water partition coefficient (Wildman–Crippen LogP) is 7.25. The number of aliphatic hydroxyl groups excluding tert-OH is 1. The molecule has 4 heterocycles. The fourth-order valence-corrected chi connectivity index (χ4v) is 11.4. The molecule has 2 amide bonds. The number of aromatic nitrogens is 3. The maximum Gasteiger partial charge on any atom is 0.264 e. The number of halogens is 1. The molecule has 1 unspecified atom stereocenters. The first kappa shape index (κ1) is 33.2. The lowest BCUT2D eigenvalue weighted by Gasteiger charge is -2.31. The van der Waals surface area contributed by atoms with Gasteiger partial charge in [0.05, 0.1) is 41.3 Å². The summed E-state index contributed by atoms with van der Waals surface area (Å²) in [6.45, 7) is 9.73. The predicted molar refractivity (Wildman–Crippen MR) is 197 cm³/mol. The quantitative estimate of drug-likeness (QED) is 0.0936. The Balaban J connectivity index is 1.15. The second kappa shape index (κ2) is 12.4. The van der Waals surface area contributed by atoms with Crippen molar-refractivity contribution in [2.75, 3.05) is 23.0 Å². The van der Waals surface area contributed by atoms with Crippen LogP contribution in [-0.2, 0) is 21.7 Å². The Morgan fingerprint density at radius 2 is 1.80 bits per heavy atom. The number of carbonyl (C=O) groups is 2. The Kier molecular flexibility index (Phi) is 8.04. The van der Waals surface area contributed by atoms with E-state index in [4.69, 9.17) is 4.74 Å². The van der Waals surface area contributed by atoms with Crippen LogP contribution < -0.4 is 9.80 Å². The first-order valence-corrected chi connectivity index (χ1v) is 20.4. The molecule has 1 saturated heterocycles. The largest absolute Gasteiger partial charge is 0.395 e. The van der Waals surface area contributed by atoms with E-state index in [-0.39, 0.29) is 30.9 Å². The second-order valence-electron chi connectivity index (χ2n) is 14.3. The molecule has 0 saturated carbocycles. The Labute approximate surface area is 297 Å². The molecule has 51 heavy (non-hydrogen) atoms. The zero-order valence-electron chi connectivity index (χ0n) is 28.9. The topological polar surface area (TPSA) is 101 Å². The lowest BCUT2D eigenvalue weighted by Crippen LogP contribution is -2.45. The van der Waals surface area contributed by atoms with Crippen molar-refractivity contribution in [2.24, 2.45) is 5.92 Å². The summed E-state index contributed by atoms with van der Waals surface area (Å²) in [4.78, 5) is 32.0. The third kappa shape index (κ3) is 5.09. The molecule has 8 rings (SSSR count). The van der Waals surface area contributed by atoms with Crippen LogP contribution in [0, 0.1) is 5.92 Å². The summed E-state index contributed by atoms with van der Waals surface area (Å²) in [5.41, 5.74) is 2.95. The van der Waals surface area contributed by atoms with E-state index < -0.39 is 31.6 Å². The second-order valence-corrected chi connectivity index (χ2v) is 18.1. The zero-order chi connectivity index (χ0) is 35.7. The number of fused-ring (bicyclic) bond motifs is 2. The van der Waals surface area contributed by atoms with Crippen molar-refractivity contribution in [1.82, 2.24) is 15.0 Å². The van der Waals surface area contributed by atoms with Gasteiger partial charge < -0.3 is 18.9 Å². The zero-order valence-corrected chi connectivity index (χ0v) is 29.9. The molecule has 1 aromatic heterocycles. The Hall–Kier alpha value is -4.97. The molecule has 0 bridgehead atoms. The fraction of sp³-hybridized carbons (Fsp3) is 0.300. The lowest BCUT2D eigenvalue weighted by molar-refractivity contribution is -0.145. The summed E-state index contributed by atoms with van der Waals surface area (Å²) in [5, 5.41) is 20.7. The molecule has 11 heteroatoms. The Bertz CT molecular complexity index is 2180. The number of nitrogens with zero attached hydrogens (tertiary/aromatic N) is 5. The summed E-state index contributed by atoms with van der Waals surface area (Å²) >= 11 is 0. The highest BCUT2D eigenvalue weighted by molar-refractivity contribution is 6.72. The van der Waals surface area contributed by atoms with Crippen LogP contribution in [0.15, 0.2) is 104 Å². The van der Waals surface area contributed by atoms with E-state index in [9.17, 15) is 14.7 Å². The number of benzene rings is 4. The minimum Gasteiger partial charge on any atom is -0.395 e. The van der Waals surface area contributed by atoms with Gasteiger partial charge in [-0.3, -0.25) is 19.2 Å². The number of rotatable bonds is 10. The van der Waals surface area contributed by atoms with Gasteiger partial charge in [-0.1, -0.05) is 72.8 Å². The molecule has 4 aromatic carbocycles. The van der Waals surface area contributed by atoms with Gasteiger partial charge in [0.2, 0.25) is 8.41 Å². The standard InChI is InChI=1S/C40H40FN5O4Si/c1-5-20-45-33-18-17-28(46-34-16-10-14-27-13-9-15-29(36(27)34)38(46)48)22-31(33)40(39(45)49)25(2)37(51(3,4)41)35(50-40)19-21-44-23-32(42-43-44)30(24-47)26-11-7-6-8-12-26/h5-18,22-23,25,30,35,37,47H,1,19-21,24H2,2-4H3/t25-,30?,35+,37-,40+/m0/s1. The third-order valence-electron chi connectivity index (χ3n) is 11.0. The van der Waals surface area contributed by atoms with Crippen molar-refractivity contribution in [2.45, 2.75) is 56.1 Å². The number of anilines is 3. The van der Waals surface area contributed by atoms with Gasteiger partial charge in [0, 0.05) is 47.4 Å². The van der Waals surface area contributed by atoms with Crippen molar-refractivity contribution in [3.05, 3.63) is 126 Å². The maximum absolute atomic E-state index is 16.5. The fourth-order valence-electron chi connectivity index (χ4n) is 8.82. The van der Waals surface area contributed by atoms with Crippen molar-refractivity contribution < 1.29 is 23.5 Å². The molecule has 0 aliphatic carbocycles. The lowest BCUT2D eigenvalue weighted by atomic mass is 9.82. The maximum atomic E-state index is 16.5. The monoisotopic (exact) mass is 701 g/mol. The Morgan fingerprint density at radius 3 is 2.53 bits per heavy atom. The minimum atomic E-state index is -3.42. The summed E-state index contributed by atoms with van der Waals surface area (Å²) in [6.07, 6.45) is 3.31. The van der Waals surface area contributed by atoms with Crippen LogP contribution in [-0.4, -0.2) is 59.6 Å².